The fourth-order valence-corrected chi connectivity index (χ4v) is 5.18. The molecule has 0 bridgehead atoms. The standard InChI is InChI=1S/C20H27N3O5S/c1-14(2)17-7-5-6-8-18(17)27-13-19(24)22-9-11-23(12-10-22)29(25,26)20-15(3)21-28-16(20)4/h5-8,14H,9-13H2,1-4H3. The number of aryl methyl sites for hydroxylation is 2. The Morgan fingerprint density at radius 2 is 1.83 bits per heavy atom. The zero-order valence-corrected chi connectivity index (χ0v) is 18.0. The van der Waals surface area contributed by atoms with Crippen LogP contribution < -0.4 is 4.74 Å². The van der Waals surface area contributed by atoms with Crippen molar-refractivity contribution in [3.8, 4) is 5.75 Å². The van der Waals surface area contributed by atoms with Gasteiger partial charge in [0.25, 0.3) is 5.91 Å². The Morgan fingerprint density at radius 3 is 2.41 bits per heavy atom. The van der Waals surface area contributed by atoms with Gasteiger partial charge in [-0.1, -0.05) is 37.2 Å². The van der Waals surface area contributed by atoms with Crippen LogP contribution in [0.25, 0.3) is 0 Å². The predicted molar refractivity (Wildman–Crippen MR) is 107 cm³/mol. The SMILES string of the molecule is Cc1noc(C)c1S(=O)(=O)N1CCN(C(=O)COc2ccccc2C(C)C)CC1. The fourth-order valence-electron chi connectivity index (χ4n) is 3.47. The molecule has 0 radical (unpaired) electrons. The summed E-state index contributed by atoms with van der Waals surface area (Å²) in [4.78, 5) is 14.3. The lowest BCUT2D eigenvalue weighted by Gasteiger charge is -2.33. The summed E-state index contributed by atoms with van der Waals surface area (Å²) < 4.78 is 37.9. The average molecular weight is 422 g/mol. The van der Waals surface area contributed by atoms with Gasteiger partial charge in [-0.25, -0.2) is 8.42 Å². The molecule has 1 aliphatic heterocycles. The lowest BCUT2D eigenvalue weighted by atomic mass is 10.0. The average Bonchev–Trinajstić information content (AvgIpc) is 3.05. The number of benzene rings is 1. The zero-order chi connectivity index (χ0) is 21.2. The molecule has 1 aliphatic rings. The van der Waals surface area contributed by atoms with Crippen molar-refractivity contribution in [3.63, 3.8) is 0 Å². The van der Waals surface area contributed by atoms with Crippen LogP contribution in [0.5, 0.6) is 5.75 Å². The molecule has 1 aromatic carbocycles. The normalized spacial score (nSPS) is 15.7. The molecule has 8 nitrogen and oxygen atoms in total. The van der Waals surface area contributed by atoms with Crippen LogP contribution in [0.4, 0.5) is 0 Å². The fraction of sp³-hybridized carbons (Fsp3) is 0.500. The predicted octanol–water partition coefficient (Wildman–Crippen LogP) is 2.33. The molecule has 1 amide bonds. The first-order valence-electron chi connectivity index (χ1n) is 9.64. The third-order valence-electron chi connectivity index (χ3n) is 5.05. The van der Waals surface area contributed by atoms with Crippen molar-refractivity contribution in [3.05, 3.63) is 41.3 Å². The maximum absolute atomic E-state index is 12.9. The largest absolute Gasteiger partial charge is 0.483 e. The molecule has 0 spiro atoms. The van der Waals surface area contributed by atoms with E-state index in [1.807, 2.05) is 24.3 Å². The van der Waals surface area contributed by atoms with Crippen LogP contribution in [0.15, 0.2) is 33.7 Å². The van der Waals surface area contributed by atoms with E-state index < -0.39 is 10.0 Å². The van der Waals surface area contributed by atoms with Crippen molar-refractivity contribution < 1.29 is 22.5 Å². The number of amides is 1. The number of hydrogen-bond acceptors (Lipinski definition) is 6. The number of ether oxygens (including phenoxy) is 1. The van der Waals surface area contributed by atoms with E-state index in [1.54, 1.807) is 18.7 Å². The molecule has 29 heavy (non-hydrogen) atoms. The maximum Gasteiger partial charge on any atom is 0.260 e. The number of nitrogens with zero attached hydrogens (tertiary/aromatic N) is 3. The van der Waals surface area contributed by atoms with E-state index in [1.165, 1.54) is 4.31 Å². The summed E-state index contributed by atoms with van der Waals surface area (Å²) >= 11 is 0. The van der Waals surface area contributed by atoms with E-state index >= 15 is 0 Å². The smallest absolute Gasteiger partial charge is 0.260 e. The van der Waals surface area contributed by atoms with Crippen LogP contribution in [0.2, 0.25) is 0 Å². The van der Waals surface area contributed by atoms with Crippen molar-refractivity contribution in [2.45, 2.75) is 38.5 Å². The number of aromatic nitrogens is 1. The molecule has 0 aliphatic carbocycles. The molecule has 3 rings (SSSR count). The van der Waals surface area contributed by atoms with Gasteiger partial charge in [-0.15, -0.1) is 0 Å². The Balaban J connectivity index is 1.59. The number of carbonyl (C=O) groups excluding carboxylic acids is 1. The summed E-state index contributed by atoms with van der Waals surface area (Å²) in [6.45, 7) is 8.34. The summed E-state index contributed by atoms with van der Waals surface area (Å²) in [6.07, 6.45) is 0. The molecule has 1 saturated heterocycles. The molecule has 9 heteroatoms. The quantitative estimate of drug-likeness (QED) is 0.711. The summed E-state index contributed by atoms with van der Waals surface area (Å²) in [5.74, 6) is 1.12. The Labute approximate surface area is 171 Å². The molecule has 0 saturated carbocycles. The highest BCUT2D eigenvalue weighted by atomic mass is 32.2. The zero-order valence-electron chi connectivity index (χ0n) is 17.2. The lowest BCUT2D eigenvalue weighted by Crippen LogP contribution is -2.51. The van der Waals surface area contributed by atoms with Gasteiger partial charge in [0.15, 0.2) is 12.4 Å². The number of hydrogen-bond donors (Lipinski definition) is 0. The van der Waals surface area contributed by atoms with Gasteiger partial charge < -0.3 is 14.2 Å². The van der Waals surface area contributed by atoms with Crippen LogP contribution in [0.3, 0.4) is 0 Å². The number of sulfonamides is 1. The number of piperazine rings is 1. The molecule has 2 aromatic rings. The second kappa shape index (κ2) is 8.54. The van der Waals surface area contributed by atoms with E-state index in [9.17, 15) is 13.2 Å². The van der Waals surface area contributed by atoms with Gasteiger partial charge in [0, 0.05) is 26.2 Å². The van der Waals surface area contributed by atoms with Crippen LogP contribution in [-0.2, 0) is 14.8 Å². The van der Waals surface area contributed by atoms with Crippen molar-refractivity contribution in [2.24, 2.45) is 0 Å². The van der Waals surface area contributed by atoms with Gasteiger partial charge >= 0.3 is 0 Å². The molecule has 0 unspecified atom stereocenters. The number of carbonyl (C=O) groups is 1. The molecular formula is C20H27N3O5S. The highest BCUT2D eigenvalue weighted by Gasteiger charge is 2.34. The van der Waals surface area contributed by atoms with Gasteiger partial charge in [0.2, 0.25) is 10.0 Å². The molecule has 2 heterocycles. The van der Waals surface area contributed by atoms with Gasteiger partial charge in [0.05, 0.1) is 0 Å². The third-order valence-corrected chi connectivity index (χ3v) is 7.19. The Kier molecular flexibility index (Phi) is 6.28. The minimum absolute atomic E-state index is 0.0691. The summed E-state index contributed by atoms with van der Waals surface area (Å²) in [6, 6.07) is 7.67. The number of rotatable bonds is 6. The Hall–Kier alpha value is -2.39. The minimum Gasteiger partial charge on any atom is -0.483 e. The van der Waals surface area contributed by atoms with Crippen molar-refractivity contribution in [1.82, 2.24) is 14.4 Å². The van der Waals surface area contributed by atoms with E-state index in [0.717, 1.165) is 5.56 Å². The van der Waals surface area contributed by atoms with E-state index in [2.05, 4.69) is 19.0 Å². The lowest BCUT2D eigenvalue weighted by molar-refractivity contribution is -0.134. The number of para-hydroxylation sites is 1. The molecule has 158 valence electrons. The van der Waals surface area contributed by atoms with Gasteiger partial charge in [-0.3, -0.25) is 4.79 Å². The minimum atomic E-state index is -3.69. The second-order valence-electron chi connectivity index (χ2n) is 7.42. The Bertz CT molecular complexity index is 956. The summed E-state index contributed by atoms with van der Waals surface area (Å²) in [7, 11) is -3.69. The van der Waals surface area contributed by atoms with E-state index in [4.69, 9.17) is 9.26 Å². The van der Waals surface area contributed by atoms with Crippen molar-refractivity contribution in [2.75, 3.05) is 32.8 Å². The van der Waals surface area contributed by atoms with Gasteiger partial charge in [-0.05, 0) is 31.4 Å². The first-order chi connectivity index (χ1) is 13.7. The highest BCUT2D eigenvalue weighted by Crippen LogP contribution is 2.26. The molecule has 1 aromatic heterocycles. The molecule has 0 N–H and O–H groups in total. The topological polar surface area (TPSA) is 93.0 Å². The molecule has 0 atom stereocenters. The van der Waals surface area contributed by atoms with Gasteiger partial charge in [-0.2, -0.15) is 4.31 Å². The first kappa shape index (κ1) is 21.3. The molecular weight excluding hydrogens is 394 g/mol. The van der Waals surface area contributed by atoms with E-state index in [-0.39, 0.29) is 36.3 Å². The van der Waals surface area contributed by atoms with Crippen LogP contribution in [0, 0.1) is 13.8 Å². The summed E-state index contributed by atoms with van der Waals surface area (Å²) in [5.41, 5.74) is 1.40. The van der Waals surface area contributed by atoms with Gasteiger partial charge in [0.1, 0.15) is 16.3 Å². The third kappa shape index (κ3) is 4.45. The first-order valence-corrected chi connectivity index (χ1v) is 11.1. The van der Waals surface area contributed by atoms with Crippen LogP contribution >= 0.6 is 0 Å². The highest BCUT2D eigenvalue weighted by molar-refractivity contribution is 7.89. The Morgan fingerprint density at radius 1 is 1.17 bits per heavy atom. The summed E-state index contributed by atoms with van der Waals surface area (Å²) in [5, 5.41) is 3.73. The van der Waals surface area contributed by atoms with E-state index in [0.29, 0.717) is 30.5 Å². The second-order valence-corrected chi connectivity index (χ2v) is 9.29. The van der Waals surface area contributed by atoms with Crippen molar-refractivity contribution in [1.29, 1.82) is 0 Å². The van der Waals surface area contributed by atoms with Crippen molar-refractivity contribution >= 4 is 15.9 Å². The maximum atomic E-state index is 12.9. The molecule has 1 fully saturated rings. The monoisotopic (exact) mass is 421 g/mol. The van der Waals surface area contributed by atoms with Crippen LogP contribution in [0.1, 0.15) is 36.8 Å². The van der Waals surface area contributed by atoms with Crippen LogP contribution in [-0.4, -0.2) is 61.5 Å².